The van der Waals surface area contributed by atoms with E-state index in [0.717, 1.165) is 24.2 Å². The Morgan fingerprint density at radius 1 is 0.963 bits per heavy atom. The van der Waals surface area contributed by atoms with E-state index in [1.54, 1.807) is 0 Å². The molecule has 2 aromatic carbocycles. The monoisotopic (exact) mass is 371 g/mol. The summed E-state index contributed by atoms with van der Waals surface area (Å²) >= 11 is 0. The Morgan fingerprint density at radius 2 is 1.63 bits per heavy atom. The molecule has 1 aliphatic rings. The predicted octanol–water partition coefficient (Wildman–Crippen LogP) is 3.29. The molecule has 0 heterocycles. The summed E-state index contributed by atoms with van der Waals surface area (Å²) in [5, 5.41) is 2.64. The molecule has 0 saturated heterocycles. The molecule has 6 nitrogen and oxygen atoms in total. The molecular weight excluding hydrogens is 349 g/mol. The first kappa shape index (κ1) is 18.7. The molecule has 1 aliphatic carbocycles. The minimum absolute atomic E-state index is 0.245. The molecule has 142 valence electrons. The van der Waals surface area contributed by atoms with Gasteiger partial charge in [-0.2, -0.15) is 0 Å². The zero-order chi connectivity index (χ0) is 19.1. The quantitative estimate of drug-likeness (QED) is 0.706. The number of carbonyl (C=O) groups excluding carboxylic acids is 2. The maximum Gasteiger partial charge on any atom is 0.333 e. The number of hydrazine groups is 1. The molecule has 7 heteroatoms. The molecule has 0 unspecified atom stereocenters. The fourth-order valence-electron chi connectivity index (χ4n) is 2.90. The van der Waals surface area contributed by atoms with Crippen molar-refractivity contribution in [2.45, 2.75) is 38.3 Å². The van der Waals surface area contributed by atoms with Crippen LogP contribution in [0.1, 0.15) is 41.6 Å². The zero-order valence-electron chi connectivity index (χ0n) is 14.8. The van der Waals surface area contributed by atoms with E-state index in [2.05, 4.69) is 16.2 Å². The van der Waals surface area contributed by atoms with Crippen molar-refractivity contribution in [1.82, 2.24) is 16.2 Å². The number of rotatable bonds is 5. The van der Waals surface area contributed by atoms with E-state index in [-0.39, 0.29) is 5.56 Å². The van der Waals surface area contributed by atoms with Crippen molar-refractivity contribution in [2.24, 2.45) is 0 Å². The van der Waals surface area contributed by atoms with E-state index in [1.165, 1.54) is 37.1 Å². The topological polar surface area (TPSA) is 79.5 Å². The summed E-state index contributed by atoms with van der Waals surface area (Å²) in [5.74, 6) is -0.128. The van der Waals surface area contributed by atoms with Crippen molar-refractivity contribution in [3.8, 4) is 5.75 Å². The lowest BCUT2D eigenvalue weighted by Gasteiger charge is -2.13. The highest BCUT2D eigenvalue weighted by atomic mass is 19.1. The summed E-state index contributed by atoms with van der Waals surface area (Å²) in [7, 11) is 0. The number of ether oxygens (including phenoxy) is 1. The van der Waals surface area contributed by atoms with Crippen molar-refractivity contribution in [3.63, 3.8) is 0 Å². The van der Waals surface area contributed by atoms with Crippen LogP contribution in [0.2, 0.25) is 0 Å². The summed E-state index contributed by atoms with van der Waals surface area (Å²) in [4.78, 5) is 23.6. The first-order chi connectivity index (χ1) is 13.1. The molecule has 3 rings (SSSR count). The number of hydrogen-bond donors (Lipinski definition) is 3. The van der Waals surface area contributed by atoms with E-state index in [4.69, 9.17) is 4.74 Å². The molecule has 0 aliphatic heterocycles. The molecule has 27 heavy (non-hydrogen) atoms. The number of amides is 3. The Labute approximate surface area is 157 Å². The van der Waals surface area contributed by atoms with E-state index in [9.17, 15) is 14.0 Å². The highest BCUT2D eigenvalue weighted by molar-refractivity contribution is 5.95. The fraction of sp³-hybridized carbons (Fsp3) is 0.300. The number of benzene rings is 2. The third-order valence-electron chi connectivity index (χ3n) is 4.38. The van der Waals surface area contributed by atoms with Gasteiger partial charge in [-0.05, 0) is 67.6 Å². The molecule has 3 amide bonds. The smallest absolute Gasteiger partial charge is 0.333 e. The highest BCUT2D eigenvalue weighted by Gasteiger charge is 2.16. The first-order valence-corrected chi connectivity index (χ1v) is 8.95. The SMILES string of the molecule is O=C(NCc1ccc(OC2CCCC2)cc1)NNC(=O)c1ccc(F)cc1. The molecule has 1 fully saturated rings. The van der Waals surface area contributed by atoms with Crippen LogP contribution >= 0.6 is 0 Å². The lowest BCUT2D eigenvalue weighted by Crippen LogP contribution is -2.46. The summed E-state index contributed by atoms with van der Waals surface area (Å²) in [6.07, 6.45) is 4.96. The Bertz CT molecular complexity index is 772. The molecule has 3 N–H and O–H groups in total. The van der Waals surface area contributed by atoms with Crippen LogP contribution in [0.25, 0.3) is 0 Å². The van der Waals surface area contributed by atoms with E-state index >= 15 is 0 Å². The van der Waals surface area contributed by atoms with Gasteiger partial charge < -0.3 is 10.1 Å². The van der Waals surface area contributed by atoms with Crippen LogP contribution in [0.15, 0.2) is 48.5 Å². The molecule has 1 saturated carbocycles. The van der Waals surface area contributed by atoms with Gasteiger partial charge in [0.15, 0.2) is 0 Å². The van der Waals surface area contributed by atoms with Gasteiger partial charge in [0.25, 0.3) is 5.91 Å². The Morgan fingerprint density at radius 3 is 2.30 bits per heavy atom. The highest BCUT2D eigenvalue weighted by Crippen LogP contribution is 2.24. The largest absolute Gasteiger partial charge is 0.490 e. The van der Waals surface area contributed by atoms with Crippen LogP contribution in [0.5, 0.6) is 5.75 Å². The second-order valence-electron chi connectivity index (χ2n) is 6.44. The van der Waals surface area contributed by atoms with Gasteiger partial charge in [-0.3, -0.25) is 10.2 Å². The summed E-state index contributed by atoms with van der Waals surface area (Å²) in [6, 6.07) is 12.0. The zero-order valence-corrected chi connectivity index (χ0v) is 14.8. The van der Waals surface area contributed by atoms with Crippen molar-refractivity contribution in [1.29, 1.82) is 0 Å². The Balaban J connectivity index is 1.39. The molecule has 0 radical (unpaired) electrons. The van der Waals surface area contributed by atoms with Crippen LogP contribution in [-0.4, -0.2) is 18.0 Å². The summed E-state index contributed by atoms with van der Waals surface area (Å²) in [6.45, 7) is 0.308. The van der Waals surface area contributed by atoms with Crippen LogP contribution in [0.3, 0.4) is 0 Å². The van der Waals surface area contributed by atoms with E-state index in [0.29, 0.717) is 12.6 Å². The van der Waals surface area contributed by atoms with Gasteiger partial charge in [0.2, 0.25) is 0 Å². The van der Waals surface area contributed by atoms with Crippen LogP contribution < -0.4 is 20.9 Å². The van der Waals surface area contributed by atoms with Crippen LogP contribution in [-0.2, 0) is 6.54 Å². The average Bonchev–Trinajstić information content (AvgIpc) is 3.19. The standard InChI is InChI=1S/C20H22FN3O3/c21-16-9-7-15(8-10-16)19(25)23-24-20(26)22-13-14-5-11-18(12-6-14)27-17-3-1-2-4-17/h5-12,17H,1-4,13H2,(H,23,25)(H2,22,24,26). The maximum absolute atomic E-state index is 12.8. The van der Waals surface area contributed by atoms with Gasteiger partial charge in [0.05, 0.1) is 6.10 Å². The van der Waals surface area contributed by atoms with Crippen molar-refractivity contribution < 1.29 is 18.7 Å². The van der Waals surface area contributed by atoms with Crippen LogP contribution in [0.4, 0.5) is 9.18 Å². The Hall–Kier alpha value is -3.09. The molecular formula is C20H22FN3O3. The van der Waals surface area contributed by atoms with Gasteiger partial charge in [-0.1, -0.05) is 12.1 Å². The fourth-order valence-corrected chi connectivity index (χ4v) is 2.90. The second-order valence-corrected chi connectivity index (χ2v) is 6.44. The first-order valence-electron chi connectivity index (χ1n) is 8.95. The Kier molecular flexibility index (Phi) is 6.25. The maximum atomic E-state index is 12.8. The van der Waals surface area contributed by atoms with Crippen LogP contribution in [0, 0.1) is 5.82 Å². The van der Waals surface area contributed by atoms with Gasteiger partial charge in [0.1, 0.15) is 11.6 Å². The number of halogens is 1. The predicted molar refractivity (Wildman–Crippen MR) is 98.6 cm³/mol. The molecule has 0 bridgehead atoms. The lowest BCUT2D eigenvalue weighted by molar-refractivity contribution is 0.0936. The van der Waals surface area contributed by atoms with E-state index < -0.39 is 17.8 Å². The van der Waals surface area contributed by atoms with Gasteiger partial charge in [0, 0.05) is 12.1 Å². The van der Waals surface area contributed by atoms with E-state index in [1.807, 2.05) is 24.3 Å². The number of urea groups is 1. The molecule has 0 atom stereocenters. The summed E-state index contributed by atoms with van der Waals surface area (Å²) in [5.41, 5.74) is 5.67. The minimum Gasteiger partial charge on any atom is -0.490 e. The molecule has 0 aromatic heterocycles. The molecule has 2 aromatic rings. The number of nitrogens with one attached hydrogen (secondary N) is 3. The van der Waals surface area contributed by atoms with Crippen molar-refractivity contribution in [3.05, 3.63) is 65.5 Å². The van der Waals surface area contributed by atoms with Gasteiger partial charge >= 0.3 is 6.03 Å². The lowest BCUT2D eigenvalue weighted by atomic mass is 10.2. The normalized spacial score (nSPS) is 13.8. The van der Waals surface area contributed by atoms with Crippen molar-refractivity contribution in [2.75, 3.05) is 0 Å². The van der Waals surface area contributed by atoms with Gasteiger partial charge in [-0.25, -0.2) is 14.6 Å². The minimum atomic E-state index is -0.545. The summed E-state index contributed by atoms with van der Waals surface area (Å²) < 4.78 is 18.7. The second kappa shape index (κ2) is 9.02. The third-order valence-corrected chi connectivity index (χ3v) is 4.38. The van der Waals surface area contributed by atoms with Gasteiger partial charge in [-0.15, -0.1) is 0 Å². The molecule has 0 spiro atoms. The van der Waals surface area contributed by atoms with Crippen molar-refractivity contribution >= 4 is 11.9 Å². The average molecular weight is 371 g/mol. The third kappa shape index (κ3) is 5.70. The number of carbonyl (C=O) groups is 2. The number of hydrogen-bond acceptors (Lipinski definition) is 3.